The first-order valence-corrected chi connectivity index (χ1v) is 32.6. The van der Waals surface area contributed by atoms with Crippen LogP contribution in [0.5, 0.6) is 0 Å². The third-order valence-electron chi connectivity index (χ3n) is 13.7. The van der Waals surface area contributed by atoms with Gasteiger partial charge < -0.3 is 20.1 Å². The molecule has 428 valence electrons. The average Bonchev–Trinajstić information content (AvgIpc) is 3.38. The van der Waals surface area contributed by atoms with Gasteiger partial charge >= 0.3 is 19.8 Å². The molecule has 0 saturated carbocycles. The molecule has 0 aliphatic heterocycles. The number of esters is 2. The van der Waals surface area contributed by atoms with Crippen LogP contribution in [0.2, 0.25) is 0 Å². The zero-order chi connectivity index (χ0) is 53.1. The molecule has 10 heteroatoms. The van der Waals surface area contributed by atoms with Crippen LogP contribution < -0.4 is 5.73 Å². The number of allylic oxidation sites excluding steroid dienone is 8. The highest BCUT2D eigenvalue weighted by molar-refractivity contribution is 7.47. The smallest absolute Gasteiger partial charge is 0.462 e. The lowest BCUT2D eigenvalue weighted by Gasteiger charge is -2.19. The Morgan fingerprint density at radius 3 is 1.07 bits per heavy atom. The van der Waals surface area contributed by atoms with Gasteiger partial charge in [0.2, 0.25) is 0 Å². The maximum Gasteiger partial charge on any atom is 0.472 e. The second-order valence-electron chi connectivity index (χ2n) is 20.9. The molecule has 0 spiro atoms. The van der Waals surface area contributed by atoms with E-state index in [1.807, 2.05) is 0 Å². The molecule has 0 bridgehead atoms. The Bertz CT molecular complexity index is 1330. The van der Waals surface area contributed by atoms with E-state index in [0.717, 1.165) is 64.2 Å². The van der Waals surface area contributed by atoms with Gasteiger partial charge in [-0.3, -0.25) is 18.6 Å². The molecule has 0 fully saturated rings. The molecule has 0 amide bonds. The van der Waals surface area contributed by atoms with Gasteiger partial charge in [-0.2, -0.15) is 0 Å². The number of phosphoric acid groups is 1. The van der Waals surface area contributed by atoms with E-state index in [-0.39, 0.29) is 32.6 Å². The number of hydrogen-bond donors (Lipinski definition) is 2. The molecule has 0 aromatic carbocycles. The molecule has 73 heavy (non-hydrogen) atoms. The van der Waals surface area contributed by atoms with E-state index < -0.39 is 32.5 Å². The van der Waals surface area contributed by atoms with Crippen molar-refractivity contribution in [2.75, 3.05) is 26.4 Å². The topological polar surface area (TPSA) is 134 Å². The van der Waals surface area contributed by atoms with Crippen molar-refractivity contribution in [2.24, 2.45) is 5.73 Å². The summed E-state index contributed by atoms with van der Waals surface area (Å²) in [6.07, 6.45) is 73.5. The zero-order valence-electron chi connectivity index (χ0n) is 47.9. The van der Waals surface area contributed by atoms with Gasteiger partial charge in [-0.1, -0.05) is 268 Å². The number of rotatable bonds is 59. The molecule has 2 unspecified atom stereocenters. The SMILES string of the molecule is CCCCC/C=C\C/C=C\CCCCCCCC(=O)OCC(COP(=O)(O)OCCN)OC(=O)CCCCCCCCCCCCCCCCCCCCCCCCCCC/C=C\C/C=C\CCCCCCC. The first-order valence-electron chi connectivity index (χ1n) is 31.1. The summed E-state index contributed by atoms with van der Waals surface area (Å²) in [5.74, 6) is -0.832. The maximum absolute atomic E-state index is 12.7. The number of ether oxygens (including phenoxy) is 2. The van der Waals surface area contributed by atoms with Gasteiger partial charge in [-0.25, -0.2) is 4.57 Å². The molecule has 0 rings (SSSR count). The summed E-state index contributed by atoms with van der Waals surface area (Å²) in [4.78, 5) is 35.1. The highest BCUT2D eigenvalue weighted by Crippen LogP contribution is 2.43. The van der Waals surface area contributed by atoms with Crippen LogP contribution in [0.15, 0.2) is 48.6 Å². The molecule has 0 radical (unpaired) electrons. The van der Waals surface area contributed by atoms with Crippen LogP contribution in [0.4, 0.5) is 0 Å². The van der Waals surface area contributed by atoms with Crippen molar-refractivity contribution in [3.05, 3.63) is 48.6 Å². The Labute approximate surface area is 451 Å². The molecule has 0 aromatic rings. The molecule has 3 N–H and O–H groups in total. The zero-order valence-corrected chi connectivity index (χ0v) is 48.8. The largest absolute Gasteiger partial charge is 0.472 e. The normalized spacial score (nSPS) is 13.3. The van der Waals surface area contributed by atoms with E-state index in [4.69, 9.17) is 24.3 Å². The quantitative estimate of drug-likeness (QED) is 0.0264. The van der Waals surface area contributed by atoms with Crippen molar-refractivity contribution in [3.63, 3.8) is 0 Å². The Hall–Kier alpha value is -2.03. The summed E-state index contributed by atoms with van der Waals surface area (Å²) >= 11 is 0. The van der Waals surface area contributed by atoms with Gasteiger partial charge in [0.15, 0.2) is 6.10 Å². The summed E-state index contributed by atoms with van der Waals surface area (Å²) in [5.41, 5.74) is 5.38. The number of carbonyl (C=O) groups excluding carboxylic acids is 2. The van der Waals surface area contributed by atoms with E-state index in [1.165, 1.54) is 212 Å². The van der Waals surface area contributed by atoms with Crippen LogP contribution in [0, 0.1) is 0 Å². The first-order chi connectivity index (χ1) is 35.8. The summed E-state index contributed by atoms with van der Waals surface area (Å²) in [7, 11) is -4.39. The van der Waals surface area contributed by atoms with Gasteiger partial charge in [0, 0.05) is 19.4 Å². The Morgan fingerprint density at radius 2 is 0.712 bits per heavy atom. The molecule has 0 heterocycles. The van der Waals surface area contributed by atoms with Crippen molar-refractivity contribution in [2.45, 2.75) is 315 Å². The number of phosphoric ester groups is 1. The lowest BCUT2D eigenvalue weighted by molar-refractivity contribution is -0.161. The van der Waals surface area contributed by atoms with Crippen molar-refractivity contribution in [1.29, 1.82) is 0 Å². The minimum atomic E-state index is -4.39. The highest BCUT2D eigenvalue weighted by Gasteiger charge is 2.26. The highest BCUT2D eigenvalue weighted by atomic mass is 31.2. The number of nitrogens with two attached hydrogens (primary N) is 1. The van der Waals surface area contributed by atoms with Crippen molar-refractivity contribution < 1.29 is 37.6 Å². The van der Waals surface area contributed by atoms with Crippen LogP contribution in [0.3, 0.4) is 0 Å². The second-order valence-corrected chi connectivity index (χ2v) is 22.4. The van der Waals surface area contributed by atoms with Gasteiger partial charge in [0.1, 0.15) is 6.61 Å². The minimum absolute atomic E-state index is 0.0521. The fourth-order valence-electron chi connectivity index (χ4n) is 9.05. The molecular formula is C63H118NO8P. The monoisotopic (exact) mass is 1050 g/mol. The third kappa shape index (κ3) is 59.1. The van der Waals surface area contributed by atoms with Crippen LogP contribution in [-0.2, 0) is 32.7 Å². The fraction of sp³-hybridized carbons (Fsp3) is 0.841. The first kappa shape index (κ1) is 71.0. The summed E-state index contributed by atoms with van der Waals surface area (Å²) in [6, 6.07) is 0. The average molecular weight is 1050 g/mol. The van der Waals surface area contributed by atoms with Crippen LogP contribution >= 0.6 is 7.82 Å². The molecule has 0 saturated heterocycles. The van der Waals surface area contributed by atoms with Crippen molar-refractivity contribution in [3.8, 4) is 0 Å². The second kappa shape index (κ2) is 59.2. The Morgan fingerprint density at radius 1 is 0.411 bits per heavy atom. The fourth-order valence-corrected chi connectivity index (χ4v) is 9.82. The van der Waals surface area contributed by atoms with E-state index in [1.54, 1.807) is 0 Å². The summed E-state index contributed by atoms with van der Waals surface area (Å²) in [6.45, 7) is 3.72. The van der Waals surface area contributed by atoms with Crippen LogP contribution in [-0.4, -0.2) is 49.3 Å². The third-order valence-corrected chi connectivity index (χ3v) is 14.7. The molecule has 9 nitrogen and oxygen atoms in total. The molecular weight excluding hydrogens is 930 g/mol. The van der Waals surface area contributed by atoms with E-state index in [2.05, 4.69) is 62.5 Å². The Kier molecular flexibility index (Phi) is 57.6. The van der Waals surface area contributed by atoms with E-state index in [9.17, 15) is 19.0 Å². The molecule has 0 aliphatic rings. The predicted molar refractivity (Wildman–Crippen MR) is 312 cm³/mol. The summed E-state index contributed by atoms with van der Waals surface area (Å²) in [5, 5.41) is 0. The standard InChI is InChI=1S/C63H118NO8P/c1-3-5-7-9-11-13-15-17-19-20-21-22-23-24-25-26-27-28-29-30-31-32-33-34-35-36-37-38-39-40-42-44-46-48-50-52-54-56-63(66)72-61(60-71-73(67,68)70-58-57-64)59-69-62(65)55-53-51-49-47-45-43-41-18-16-14-12-10-8-6-4-2/h12,14-15,17-18,20-21,41,61H,3-11,13,16,19,22-40,42-60,64H2,1-2H3,(H,67,68)/b14-12-,17-15-,21-20-,41-18-. The molecule has 2 atom stereocenters. The Balaban J connectivity index is 3.79. The van der Waals surface area contributed by atoms with Crippen LogP contribution in [0.25, 0.3) is 0 Å². The van der Waals surface area contributed by atoms with E-state index >= 15 is 0 Å². The molecule has 0 aromatic heterocycles. The van der Waals surface area contributed by atoms with Gasteiger partial charge in [-0.15, -0.1) is 0 Å². The minimum Gasteiger partial charge on any atom is -0.462 e. The van der Waals surface area contributed by atoms with Crippen LogP contribution in [0.1, 0.15) is 309 Å². The maximum atomic E-state index is 12.7. The van der Waals surface area contributed by atoms with E-state index in [0.29, 0.717) is 6.42 Å². The molecule has 0 aliphatic carbocycles. The van der Waals surface area contributed by atoms with Crippen molar-refractivity contribution in [1.82, 2.24) is 0 Å². The number of hydrogen-bond acceptors (Lipinski definition) is 8. The van der Waals surface area contributed by atoms with Gasteiger partial charge in [0.25, 0.3) is 0 Å². The predicted octanol–water partition coefficient (Wildman–Crippen LogP) is 19.7. The lowest BCUT2D eigenvalue weighted by atomic mass is 10.0. The lowest BCUT2D eigenvalue weighted by Crippen LogP contribution is -2.29. The van der Waals surface area contributed by atoms with Crippen molar-refractivity contribution >= 4 is 19.8 Å². The number of unbranched alkanes of at least 4 members (excludes halogenated alkanes) is 38. The van der Waals surface area contributed by atoms with Gasteiger partial charge in [0.05, 0.1) is 13.2 Å². The van der Waals surface area contributed by atoms with Gasteiger partial charge in [-0.05, 0) is 77.0 Å². The summed E-state index contributed by atoms with van der Waals surface area (Å²) < 4.78 is 33.0. The number of carbonyl (C=O) groups is 2.